The van der Waals surface area contributed by atoms with E-state index in [4.69, 9.17) is 9.47 Å². The van der Waals surface area contributed by atoms with E-state index in [0.717, 1.165) is 51.0 Å². The van der Waals surface area contributed by atoms with Crippen molar-refractivity contribution < 1.29 is 14.3 Å². The van der Waals surface area contributed by atoms with Crippen molar-refractivity contribution in [1.82, 2.24) is 0 Å². The van der Waals surface area contributed by atoms with Gasteiger partial charge in [-0.1, -0.05) is 39.5 Å². The Labute approximate surface area is 148 Å². The van der Waals surface area contributed by atoms with Gasteiger partial charge in [0.25, 0.3) is 0 Å². The monoisotopic (exact) mass is 338 g/mol. The number of esters is 1. The Morgan fingerprint density at radius 3 is 2.12 bits per heavy atom. The van der Waals surface area contributed by atoms with E-state index < -0.39 is 0 Å². The highest BCUT2D eigenvalue weighted by atomic mass is 16.5. The van der Waals surface area contributed by atoms with E-state index in [1.807, 2.05) is 0 Å². The second-order valence-electron chi connectivity index (χ2n) is 7.92. The zero-order valence-electron chi connectivity index (χ0n) is 15.9. The third kappa shape index (κ3) is 6.74. The fourth-order valence-electron chi connectivity index (χ4n) is 4.27. The summed E-state index contributed by atoms with van der Waals surface area (Å²) in [6.45, 7) is 5.36. The van der Waals surface area contributed by atoms with Crippen LogP contribution in [0.5, 0.6) is 0 Å². The summed E-state index contributed by atoms with van der Waals surface area (Å²) in [4.78, 5) is 12.4. The standard InChI is InChI=1S/C21H38O3/c1-3-5-6-16-23-19-14-10-18(11-15-19)21(22)24-20-12-8-17(7-4-2)9-13-20/h17-20H,3-16H2,1-2H3. The molecule has 0 radical (unpaired) electrons. The molecule has 3 heteroatoms. The maximum Gasteiger partial charge on any atom is 0.309 e. The van der Waals surface area contributed by atoms with Crippen LogP contribution in [0, 0.1) is 11.8 Å². The van der Waals surface area contributed by atoms with Crippen molar-refractivity contribution in [3.8, 4) is 0 Å². The lowest BCUT2D eigenvalue weighted by atomic mass is 9.84. The zero-order valence-corrected chi connectivity index (χ0v) is 15.9. The predicted molar refractivity (Wildman–Crippen MR) is 98.0 cm³/mol. The molecule has 0 spiro atoms. The summed E-state index contributed by atoms with van der Waals surface area (Å²) in [5.74, 6) is 1.05. The Morgan fingerprint density at radius 2 is 1.50 bits per heavy atom. The molecule has 0 unspecified atom stereocenters. The van der Waals surface area contributed by atoms with Crippen molar-refractivity contribution in [1.29, 1.82) is 0 Å². The number of carbonyl (C=O) groups is 1. The van der Waals surface area contributed by atoms with Gasteiger partial charge in [-0.25, -0.2) is 0 Å². The fraction of sp³-hybridized carbons (Fsp3) is 0.952. The van der Waals surface area contributed by atoms with Crippen LogP contribution >= 0.6 is 0 Å². The van der Waals surface area contributed by atoms with E-state index >= 15 is 0 Å². The molecule has 0 aromatic heterocycles. The number of unbranched alkanes of at least 4 members (excludes halogenated alkanes) is 2. The predicted octanol–water partition coefficient (Wildman–Crippen LogP) is 5.65. The van der Waals surface area contributed by atoms with Crippen molar-refractivity contribution in [2.24, 2.45) is 11.8 Å². The summed E-state index contributed by atoms with van der Waals surface area (Å²) in [5, 5.41) is 0. The van der Waals surface area contributed by atoms with Crippen LogP contribution in [-0.4, -0.2) is 24.8 Å². The minimum Gasteiger partial charge on any atom is -0.462 e. The number of carbonyl (C=O) groups excluding carboxylic acids is 1. The van der Waals surface area contributed by atoms with Crippen molar-refractivity contribution in [2.45, 2.75) is 110 Å². The van der Waals surface area contributed by atoms with Crippen LogP contribution in [0.15, 0.2) is 0 Å². The molecule has 24 heavy (non-hydrogen) atoms. The smallest absolute Gasteiger partial charge is 0.309 e. The minimum atomic E-state index is 0.0679. The molecule has 3 nitrogen and oxygen atoms in total. The van der Waals surface area contributed by atoms with Crippen LogP contribution in [0.2, 0.25) is 0 Å². The van der Waals surface area contributed by atoms with Gasteiger partial charge in [0.15, 0.2) is 0 Å². The van der Waals surface area contributed by atoms with Gasteiger partial charge < -0.3 is 9.47 Å². The van der Waals surface area contributed by atoms with E-state index in [-0.39, 0.29) is 18.0 Å². The van der Waals surface area contributed by atoms with Gasteiger partial charge in [-0.05, 0) is 63.7 Å². The van der Waals surface area contributed by atoms with Crippen LogP contribution in [0.25, 0.3) is 0 Å². The van der Waals surface area contributed by atoms with Crippen LogP contribution in [0.4, 0.5) is 0 Å². The van der Waals surface area contributed by atoms with Crippen LogP contribution in [0.3, 0.4) is 0 Å². The Balaban J connectivity index is 1.59. The van der Waals surface area contributed by atoms with Crippen molar-refractivity contribution in [2.75, 3.05) is 6.61 Å². The van der Waals surface area contributed by atoms with Gasteiger partial charge in [-0.2, -0.15) is 0 Å². The first-order chi connectivity index (χ1) is 11.7. The van der Waals surface area contributed by atoms with Gasteiger partial charge in [-0.15, -0.1) is 0 Å². The Bertz CT molecular complexity index is 339. The van der Waals surface area contributed by atoms with Gasteiger partial charge in [0.05, 0.1) is 12.0 Å². The molecule has 2 fully saturated rings. The molecule has 0 aromatic rings. The first kappa shape index (κ1) is 19.8. The van der Waals surface area contributed by atoms with E-state index in [1.165, 1.54) is 44.9 Å². The molecule has 2 aliphatic carbocycles. The van der Waals surface area contributed by atoms with Gasteiger partial charge in [0.1, 0.15) is 6.10 Å². The highest BCUT2D eigenvalue weighted by molar-refractivity contribution is 5.72. The molecule has 0 N–H and O–H groups in total. The molecule has 2 saturated carbocycles. The Hall–Kier alpha value is -0.570. The largest absolute Gasteiger partial charge is 0.462 e. The molecule has 0 saturated heterocycles. The van der Waals surface area contributed by atoms with Gasteiger partial charge in [-0.3, -0.25) is 4.79 Å². The van der Waals surface area contributed by atoms with E-state index in [0.29, 0.717) is 6.10 Å². The first-order valence-corrected chi connectivity index (χ1v) is 10.5. The molecular weight excluding hydrogens is 300 g/mol. The molecule has 0 atom stereocenters. The molecule has 2 aliphatic rings. The lowest BCUT2D eigenvalue weighted by molar-refractivity contribution is -0.158. The third-order valence-electron chi connectivity index (χ3n) is 5.88. The lowest BCUT2D eigenvalue weighted by Gasteiger charge is -2.31. The molecule has 140 valence electrons. The number of rotatable bonds is 9. The first-order valence-electron chi connectivity index (χ1n) is 10.5. The molecular formula is C21H38O3. The molecule has 0 bridgehead atoms. The second-order valence-corrected chi connectivity index (χ2v) is 7.92. The number of ether oxygens (including phenoxy) is 2. The summed E-state index contributed by atoms with van der Waals surface area (Å²) >= 11 is 0. The maximum absolute atomic E-state index is 12.4. The normalized spacial score (nSPS) is 30.9. The van der Waals surface area contributed by atoms with Crippen molar-refractivity contribution >= 4 is 5.97 Å². The van der Waals surface area contributed by atoms with Gasteiger partial charge in [0, 0.05) is 6.61 Å². The Morgan fingerprint density at radius 1 is 0.833 bits per heavy atom. The summed E-state index contributed by atoms with van der Waals surface area (Å²) in [7, 11) is 0. The molecule has 0 heterocycles. The molecule has 0 aliphatic heterocycles. The van der Waals surface area contributed by atoms with Gasteiger partial charge >= 0.3 is 5.97 Å². The zero-order chi connectivity index (χ0) is 17.2. The maximum atomic E-state index is 12.4. The lowest BCUT2D eigenvalue weighted by Crippen LogP contribution is -2.31. The third-order valence-corrected chi connectivity index (χ3v) is 5.88. The van der Waals surface area contributed by atoms with E-state index in [2.05, 4.69) is 13.8 Å². The number of hydrogen-bond acceptors (Lipinski definition) is 3. The average molecular weight is 339 g/mol. The number of hydrogen-bond donors (Lipinski definition) is 0. The van der Waals surface area contributed by atoms with E-state index in [1.54, 1.807) is 0 Å². The van der Waals surface area contributed by atoms with Crippen molar-refractivity contribution in [3.63, 3.8) is 0 Å². The molecule has 2 rings (SSSR count). The summed E-state index contributed by atoms with van der Waals surface area (Å²) in [6.07, 6.45) is 15.4. The summed E-state index contributed by atoms with van der Waals surface area (Å²) < 4.78 is 11.8. The fourth-order valence-corrected chi connectivity index (χ4v) is 4.27. The second kappa shape index (κ2) is 11.1. The molecule has 0 aromatic carbocycles. The van der Waals surface area contributed by atoms with E-state index in [9.17, 15) is 4.79 Å². The highest BCUT2D eigenvalue weighted by Gasteiger charge is 2.30. The highest BCUT2D eigenvalue weighted by Crippen LogP contribution is 2.32. The minimum absolute atomic E-state index is 0.0679. The quantitative estimate of drug-likeness (QED) is 0.402. The Kier molecular flexibility index (Phi) is 9.15. The van der Waals surface area contributed by atoms with Gasteiger partial charge in [0.2, 0.25) is 0 Å². The topological polar surface area (TPSA) is 35.5 Å². The van der Waals surface area contributed by atoms with Crippen LogP contribution < -0.4 is 0 Å². The summed E-state index contributed by atoms with van der Waals surface area (Å²) in [6, 6.07) is 0. The summed E-state index contributed by atoms with van der Waals surface area (Å²) in [5.41, 5.74) is 0. The van der Waals surface area contributed by atoms with Crippen LogP contribution in [0.1, 0.15) is 97.3 Å². The molecule has 0 amide bonds. The SMILES string of the molecule is CCCCCOC1CCC(C(=O)OC2CCC(CCC)CC2)CC1. The average Bonchev–Trinajstić information content (AvgIpc) is 2.61. The van der Waals surface area contributed by atoms with Crippen molar-refractivity contribution in [3.05, 3.63) is 0 Å². The van der Waals surface area contributed by atoms with Crippen LogP contribution in [-0.2, 0) is 14.3 Å².